The molecule has 0 saturated heterocycles. The molecule has 0 fully saturated rings. The Kier molecular flexibility index (Phi) is 4.08. The van der Waals surface area contributed by atoms with Crippen LogP contribution in [0.25, 0.3) is 10.9 Å². The van der Waals surface area contributed by atoms with Gasteiger partial charge in [-0.1, -0.05) is 18.2 Å². The molecule has 2 heterocycles. The Bertz CT molecular complexity index is 583. The highest BCUT2D eigenvalue weighted by Gasteiger charge is 2.17. The van der Waals surface area contributed by atoms with Gasteiger partial charge >= 0.3 is 0 Å². The van der Waals surface area contributed by atoms with Crippen LogP contribution in [-0.2, 0) is 19.5 Å². The zero-order chi connectivity index (χ0) is 13.9. The fraction of sp³-hybridized carbons (Fsp3) is 0.529. The van der Waals surface area contributed by atoms with Crippen LogP contribution in [0, 0.1) is 0 Å². The monoisotopic (exact) mass is 271 g/mol. The Morgan fingerprint density at radius 2 is 2.10 bits per heavy atom. The number of nitrogens with one attached hydrogen (secondary N) is 1. The quantitative estimate of drug-likeness (QED) is 0.922. The molecule has 1 aromatic heterocycles. The van der Waals surface area contributed by atoms with Gasteiger partial charge in [-0.25, -0.2) is 0 Å². The zero-order valence-corrected chi connectivity index (χ0v) is 12.7. The van der Waals surface area contributed by atoms with E-state index in [-0.39, 0.29) is 0 Å². The van der Waals surface area contributed by atoms with Gasteiger partial charge in [-0.15, -0.1) is 0 Å². The van der Waals surface area contributed by atoms with E-state index in [2.05, 4.69) is 53.1 Å². The van der Waals surface area contributed by atoms with Gasteiger partial charge in [-0.05, 0) is 58.1 Å². The summed E-state index contributed by atoms with van der Waals surface area (Å²) in [5, 5.41) is 5.04. The topological polar surface area (TPSA) is 20.2 Å². The second kappa shape index (κ2) is 5.98. The zero-order valence-electron chi connectivity index (χ0n) is 12.7. The molecule has 2 aromatic rings. The summed E-state index contributed by atoms with van der Waals surface area (Å²) in [5.74, 6) is 0. The maximum Gasteiger partial charge on any atom is 0.0485 e. The van der Waals surface area contributed by atoms with Gasteiger partial charge in [0.25, 0.3) is 0 Å². The predicted molar refractivity (Wildman–Crippen MR) is 85.1 cm³/mol. The van der Waals surface area contributed by atoms with Gasteiger partial charge in [0.15, 0.2) is 0 Å². The van der Waals surface area contributed by atoms with E-state index in [1.54, 1.807) is 5.56 Å². The number of aryl methyl sites for hydroxylation is 2. The molecule has 1 aliphatic rings. The van der Waals surface area contributed by atoms with Crippen LogP contribution in [0.1, 0.15) is 24.1 Å². The van der Waals surface area contributed by atoms with E-state index in [9.17, 15) is 0 Å². The minimum absolute atomic E-state index is 1.02. The highest BCUT2D eigenvalue weighted by molar-refractivity contribution is 5.85. The van der Waals surface area contributed by atoms with Gasteiger partial charge in [0.05, 0.1) is 0 Å². The van der Waals surface area contributed by atoms with Crippen molar-refractivity contribution in [2.75, 3.05) is 27.2 Å². The van der Waals surface area contributed by atoms with Gasteiger partial charge in [-0.2, -0.15) is 0 Å². The van der Waals surface area contributed by atoms with Crippen LogP contribution in [0.3, 0.4) is 0 Å². The van der Waals surface area contributed by atoms with Crippen LogP contribution in [-0.4, -0.2) is 36.7 Å². The van der Waals surface area contributed by atoms with Crippen molar-refractivity contribution in [2.45, 2.75) is 32.4 Å². The summed E-state index contributed by atoms with van der Waals surface area (Å²) in [6.45, 7) is 4.43. The van der Waals surface area contributed by atoms with Gasteiger partial charge < -0.3 is 14.8 Å². The Hall–Kier alpha value is -1.32. The third kappa shape index (κ3) is 2.60. The first-order valence-electron chi connectivity index (χ1n) is 7.72. The first-order valence-corrected chi connectivity index (χ1v) is 7.72. The SMILES string of the molecule is CN(C)CCCn1c2c(c3ccccc31)CCCNC2. The van der Waals surface area contributed by atoms with Crippen molar-refractivity contribution in [2.24, 2.45) is 0 Å². The van der Waals surface area contributed by atoms with Crippen LogP contribution < -0.4 is 5.32 Å². The van der Waals surface area contributed by atoms with E-state index in [0.29, 0.717) is 0 Å². The first-order chi connectivity index (χ1) is 9.77. The summed E-state index contributed by atoms with van der Waals surface area (Å²) in [7, 11) is 4.30. The molecule has 20 heavy (non-hydrogen) atoms. The molecule has 0 saturated carbocycles. The standard InChI is InChI=1S/C17H25N3/c1-19(2)11-6-12-20-16-9-4-3-7-14(16)15-8-5-10-18-13-17(15)20/h3-4,7,9,18H,5-6,8,10-13H2,1-2H3. The molecule has 108 valence electrons. The lowest BCUT2D eigenvalue weighted by Gasteiger charge is -2.14. The molecular weight excluding hydrogens is 246 g/mol. The first kappa shape index (κ1) is 13.7. The van der Waals surface area contributed by atoms with Crippen LogP contribution in [0.5, 0.6) is 0 Å². The summed E-state index contributed by atoms with van der Waals surface area (Å²) in [6.07, 6.45) is 3.67. The molecule has 1 N–H and O–H groups in total. The fourth-order valence-corrected chi connectivity index (χ4v) is 3.31. The summed E-state index contributed by atoms with van der Waals surface area (Å²) in [4.78, 5) is 2.27. The number of rotatable bonds is 4. The maximum atomic E-state index is 3.57. The molecule has 0 atom stereocenters. The Labute approximate surface area is 121 Å². The molecule has 3 rings (SSSR count). The van der Waals surface area contributed by atoms with Crippen molar-refractivity contribution in [3.63, 3.8) is 0 Å². The molecule has 0 aliphatic carbocycles. The number of aromatic nitrogens is 1. The molecule has 3 heteroatoms. The summed E-state index contributed by atoms with van der Waals surface area (Å²) < 4.78 is 2.55. The fourth-order valence-electron chi connectivity index (χ4n) is 3.31. The van der Waals surface area contributed by atoms with Crippen LogP contribution in [0.15, 0.2) is 24.3 Å². The third-order valence-electron chi connectivity index (χ3n) is 4.25. The molecule has 3 nitrogen and oxygen atoms in total. The third-order valence-corrected chi connectivity index (χ3v) is 4.25. The summed E-state index contributed by atoms with van der Waals surface area (Å²) in [6, 6.07) is 8.91. The molecular formula is C17H25N3. The van der Waals surface area contributed by atoms with Crippen molar-refractivity contribution in [1.29, 1.82) is 0 Å². The number of fused-ring (bicyclic) bond motifs is 3. The highest BCUT2D eigenvalue weighted by atomic mass is 15.1. The number of hydrogen-bond acceptors (Lipinski definition) is 2. The van der Waals surface area contributed by atoms with E-state index < -0.39 is 0 Å². The molecule has 0 bridgehead atoms. The van der Waals surface area contributed by atoms with Crippen molar-refractivity contribution in [3.8, 4) is 0 Å². The summed E-state index contributed by atoms with van der Waals surface area (Å²) >= 11 is 0. The Morgan fingerprint density at radius 1 is 1.25 bits per heavy atom. The van der Waals surface area contributed by atoms with Gasteiger partial charge in [0.2, 0.25) is 0 Å². The van der Waals surface area contributed by atoms with E-state index in [1.807, 2.05) is 0 Å². The van der Waals surface area contributed by atoms with Gasteiger partial charge in [0, 0.05) is 29.7 Å². The van der Waals surface area contributed by atoms with E-state index in [4.69, 9.17) is 0 Å². The van der Waals surface area contributed by atoms with Crippen LogP contribution >= 0.6 is 0 Å². The highest BCUT2D eigenvalue weighted by Crippen LogP contribution is 2.29. The average molecular weight is 271 g/mol. The molecule has 0 radical (unpaired) electrons. The predicted octanol–water partition coefficient (Wildman–Crippen LogP) is 2.63. The van der Waals surface area contributed by atoms with E-state index in [1.165, 1.54) is 35.9 Å². The minimum Gasteiger partial charge on any atom is -0.343 e. The smallest absolute Gasteiger partial charge is 0.0485 e. The lowest BCUT2D eigenvalue weighted by molar-refractivity contribution is 0.386. The maximum absolute atomic E-state index is 3.57. The van der Waals surface area contributed by atoms with E-state index in [0.717, 1.165) is 26.2 Å². The van der Waals surface area contributed by atoms with Crippen molar-refractivity contribution >= 4 is 10.9 Å². The van der Waals surface area contributed by atoms with Gasteiger partial charge in [0.1, 0.15) is 0 Å². The molecule has 1 aromatic carbocycles. The number of hydrogen-bond donors (Lipinski definition) is 1. The van der Waals surface area contributed by atoms with Crippen LogP contribution in [0.4, 0.5) is 0 Å². The molecule has 1 aliphatic heterocycles. The lowest BCUT2D eigenvalue weighted by atomic mass is 10.1. The van der Waals surface area contributed by atoms with Gasteiger partial charge in [-0.3, -0.25) is 0 Å². The molecule has 0 unspecified atom stereocenters. The number of benzene rings is 1. The van der Waals surface area contributed by atoms with Crippen molar-refractivity contribution in [3.05, 3.63) is 35.5 Å². The molecule has 0 spiro atoms. The average Bonchev–Trinajstić information content (AvgIpc) is 2.61. The Balaban J connectivity index is 1.98. The number of para-hydroxylation sites is 1. The second-order valence-electron chi connectivity index (χ2n) is 6.03. The normalized spacial score (nSPS) is 15.6. The lowest BCUT2D eigenvalue weighted by Crippen LogP contribution is -2.18. The second-order valence-corrected chi connectivity index (χ2v) is 6.03. The molecule has 0 amide bonds. The largest absolute Gasteiger partial charge is 0.343 e. The van der Waals surface area contributed by atoms with E-state index >= 15 is 0 Å². The number of nitrogens with zero attached hydrogens (tertiary/aromatic N) is 2. The van der Waals surface area contributed by atoms with Crippen LogP contribution in [0.2, 0.25) is 0 Å². The Morgan fingerprint density at radius 3 is 2.95 bits per heavy atom. The van der Waals surface area contributed by atoms with Crippen molar-refractivity contribution in [1.82, 2.24) is 14.8 Å². The summed E-state index contributed by atoms with van der Waals surface area (Å²) in [5.41, 5.74) is 4.51. The minimum atomic E-state index is 1.02. The van der Waals surface area contributed by atoms with Crippen molar-refractivity contribution < 1.29 is 0 Å².